The minimum Gasteiger partial charge on any atom is -0.387 e. The van der Waals surface area contributed by atoms with Crippen molar-refractivity contribution in [2.75, 3.05) is 13.1 Å². The molecule has 2 N–H and O–H groups in total. The first kappa shape index (κ1) is 17.7. The lowest BCUT2D eigenvalue weighted by atomic mass is 9.86. The molecule has 0 unspecified atom stereocenters. The zero-order chi connectivity index (χ0) is 17.4. The number of thiophene rings is 1. The Kier molecular flexibility index (Phi) is 4.94. The Labute approximate surface area is 149 Å². The molecule has 1 saturated heterocycles. The molecule has 1 aliphatic heterocycles. The molecule has 1 aromatic heterocycles. The van der Waals surface area contributed by atoms with Crippen LogP contribution in [0.2, 0.25) is 0 Å². The minimum absolute atomic E-state index is 0.0304. The third-order valence-electron chi connectivity index (χ3n) is 5.20. The summed E-state index contributed by atoms with van der Waals surface area (Å²) in [5.41, 5.74) is 0.268. The van der Waals surface area contributed by atoms with Crippen LogP contribution in [0, 0.1) is 11.3 Å². The van der Waals surface area contributed by atoms with Crippen LogP contribution in [0.3, 0.4) is 0 Å². The van der Waals surface area contributed by atoms with E-state index in [0.717, 1.165) is 50.1 Å². The molecule has 1 saturated carbocycles. The molecule has 4 nitrogen and oxygen atoms in total. The van der Waals surface area contributed by atoms with Gasteiger partial charge in [0.2, 0.25) is 0 Å². The second-order valence-corrected chi connectivity index (χ2v) is 9.71. The number of hydrogen-bond donors (Lipinski definition) is 2. The molecule has 1 atom stereocenters. The van der Waals surface area contributed by atoms with Crippen LogP contribution in [0.15, 0.2) is 17.5 Å². The maximum absolute atomic E-state index is 12.6. The molecule has 0 spiro atoms. The van der Waals surface area contributed by atoms with Crippen molar-refractivity contribution in [1.29, 1.82) is 0 Å². The number of urea groups is 1. The molecule has 1 aromatic rings. The molecule has 24 heavy (non-hydrogen) atoms. The number of aliphatic hydroxyl groups is 1. The summed E-state index contributed by atoms with van der Waals surface area (Å²) in [5, 5.41) is 15.8. The molecular formula is C19H30N2O2S. The molecule has 0 bridgehead atoms. The Bertz CT molecular complexity index is 552. The van der Waals surface area contributed by atoms with Gasteiger partial charge >= 0.3 is 6.03 Å². The van der Waals surface area contributed by atoms with Gasteiger partial charge in [0.05, 0.1) is 6.10 Å². The molecule has 0 radical (unpaired) electrons. The SMILES string of the molecule is CC(C)(C)CC1(NC(=O)N2CCC([C@@H](O)c3cccs3)CC2)CC1. The molecule has 0 aromatic carbocycles. The highest BCUT2D eigenvalue weighted by atomic mass is 32.1. The average Bonchev–Trinajstić information content (AvgIpc) is 3.03. The van der Waals surface area contributed by atoms with Crippen LogP contribution >= 0.6 is 11.3 Å². The number of amides is 2. The van der Waals surface area contributed by atoms with E-state index in [1.165, 1.54) is 0 Å². The van der Waals surface area contributed by atoms with E-state index in [-0.39, 0.29) is 29.0 Å². The maximum atomic E-state index is 12.6. The van der Waals surface area contributed by atoms with E-state index in [1.54, 1.807) is 11.3 Å². The largest absolute Gasteiger partial charge is 0.387 e. The number of likely N-dealkylation sites (tertiary alicyclic amines) is 1. The van der Waals surface area contributed by atoms with E-state index in [0.29, 0.717) is 0 Å². The van der Waals surface area contributed by atoms with E-state index < -0.39 is 0 Å². The van der Waals surface area contributed by atoms with Crippen LogP contribution in [0.1, 0.15) is 63.9 Å². The molecule has 3 rings (SSSR count). The fourth-order valence-electron chi connectivity index (χ4n) is 3.93. The van der Waals surface area contributed by atoms with Crippen LogP contribution in [0.5, 0.6) is 0 Å². The van der Waals surface area contributed by atoms with Gasteiger partial charge in [-0.3, -0.25) is 0 Å². The first-order valence-electron chi connectivity index (χ1n) is 9.07. The highest BCUT2D eigenvalue weighted by molar-refractivity contribution is 7.10. The number of nitrogens with zero attached hydrogens (tertiary/aromatic N) is 1. The van der Waals surface area contributed by atoms with Gasteiger partial charge < -0.3 is 15.3 Å². The summed E-state index contributed by atoms with van der Waals surface area (Å²) < 4.78 is 0. The molecular weight excluding hydrogens is 320 g/mol. The number of nitrogens with one attached hydrogen (secondary N) is 1. The van der Waals surface area contributed by atoms with Crippen molar-refractivity contribution in [1.82, 2.24) is 10.2 Å². The predicted octanol–water partition coefficient (Wildman–Crippen LogP) is 4.17. The summed E-state index contributed by atoms with van der Waals surface area (Å²) >= 11 is 1.61. The van der Waals surface area contributed by atoms with Gasteiger partial charge in [-0.25, -0.2) is 4.79 Å². The van der Waals surface area contributed by atoms with Crippen LogP contribution in [-0.2, 0) is 0 Å². The van der Waals surface area contributed by atoms with E-state index in [9.17, 15) is 9.90 Å². The van der Waals surface area contributed by atoms with E-state index in [1.807, 2.05) is 22.4 Å². The Balaban J connectivity index is 1.49. The fourth-order valence-corrected chi connectivity index (χ4v) is 4.73. The quantitative estimate of drug-likeness (QED) is 0.856. The Hall–Kier alpha value is -1.07. The van der Waals surface area contributed by atoms with Gasteiger partial charge in [-0.2, -0.15) is 0 Å². The van der Waals surface area contributed by atoms with Crippen molar-refractivity contribution in [2.24, 2.45) is 11.3 Å². The highest BCUT2D eigenvalue weighted by Gasteiger charge is 2.47. The standard InChI is InChI=1S/C19H30N2O2S/c1-18(2,3)13-19(8-9-19)20-17(23)21-10-6-14(7-11-21)16(22)15-5-4-12-24-15/h4-5,12,14,16,22H,6-11,13H2,1-3H3,(H,20,23)/t16-/m1/s1. The zero-order valence-electron chi connectivity index (χ0n) is 15.0. The van der Waals surface area contributed by atoms with Crippen LogP contribution in [0.25, 0.3) is 0 Å². The minimum atomic E-state index is -0.383. The lowest BCUT2D eigenvalue weighted by Gasteiger charge is -2.36. The van der Waals surface area contributed by atoms with E-state index >= 15 is 0 Å². The van der Waals surface area contributed by atoms with Gasteiger partial charge in [-0.05, 0) is 54.9 Å². The van der Waals surface area contributed by atoms with E-state index in [2.05, 4.69) is 26.1 Å². The Morgan fingerprint density at radius 3 is 2.58 bits per heavy atom. The third-order valence-corrected chi connectivity index (χ3v) is 6.15. The van der Waals surface area contributed by atoms with Crippen molar-refractivity contribution >= 4 is 17.4 Å². The predicted molar refractivity (Wildman–Crippen MR) is 98.1 cm³/mol. The molecule has 2 amide bonds. The lowest BCUT2D eigenvalue weighted by Crippen LogP contribution is -2.50. The fraction of sp³-hybridized carbons (Fsp3) is 0.737. The summed E-state index contributed by atoms with van der Waals surface area (Å²) in [5.74, 6) is 0.261. The lowest BCUT2D eigenvalue weighted by molar-refractivity contribution is 0.0681. The molecule has 134 valence electrons. The Morgan fingerprint density at radius 1 is 1.42 bits per heavy atom. The number of piperidine rings is 1. The van der Waals surface area contributed by atoms with Crippen molar-refractivity contribution in [3.05, 3.63) is 22.4 Å². The van der Waals surface area contributed by atoms with Gasteiger partial charge in [0, 0.05) is 23.5 Å². The third kappa shape index (κ3) is 4.31. The summed E-state index contributed by atoms with van der Waals surface area (Å²) in [6, 6.07) is 4.06. The number of aliphatic hydroxyl groups excluding tert-OH is 1. The van der Waals surface area contributed by atoms with Crippen molar-refractivity contribution < 1.29 is 9.90 Å². The first-order valence-corrected chi connectivity index (χ1v) is 9.95. The molecule has 2 fully saturated rings. The van der Waals surface area contributed by atoms with Crippen molar-refractivity contribution in [3.63, 3.8) is 0 Å². The number of carbonyl (C=O) groups excluding carboxylic acids is 1. The van der Waals surface area contributed by atoms with Crippen molar-refractivity contribution in [2.45, 2.75) is 64.5 Å². The van der Waals surface area contributed by atoms with Gasteiger partial charge in [0.25, 0.3) is 0 Å². The molecule has 2 aliphatic rings. The first-order chi connectivity index (χ1) is 11.3. The maximum Gasteiger partial charge on any atom is 0.317 e. The van der Waals surface area contributed by atoms with Crippen LogP contribution in [-0.4, -0.2) is 34.7 Å². The normalized spacial score (nSPS) is 22.2. The van der Waals surface area contributed by atoms with E-state index in [4.69, 9.17) is 0 Å². The summed E-state index contributed by atoms with van der Waals surface area (Å²) in [6.45, 7) is 8.18. The number of hydrogen-bond acceptors (Lipinski definition) is 3. The van der Waals surface area contributed by atoms with Gasteiger partial charge in [-0.15, -0.1) is 11.3 Å². The van der Waals surface area contributed by atoms with Gasteiger partial charge in [0.15, 0.2) is 0 Å². The molecule has 5 heteroatoms. The summed E-state index contributed by atoms with van der Waals surface area (Å²) in [7, 11) is 0. The molecule has 1 aliphatic carbocycles. The summed E-state index contributed by atoms with van der Waals surface area (Å²) in [6.07, 6.45) is 4.61. The second-order valence-electron chi connectivity index (χ2n) is 8.73. The highest BCUT2D eigenvalue weighted by Crippen LogP contribution is 2.44. The molecule has 2 heterocycles. The zero-order valence-corrected chi connectivity index (χ0v) is 15.9. The topological polar surface area (TPSA) is 52.6 Å². The number of carbonyl (C=O) groups is 1. The number of rotatable bonds is 4. The van der Waals surface area contributed by atoms with Gasteiger partial charge in [0.1, 0.15) is 0 Å². The van der Waals surface area contributed by atoms with Crippen LogP contribution < -0.4 is 5.32 Å². The second kappa shape index (κ2) is 6.68. The summed E-state index contributed by atoms with van der Waals surface area (Å²) in [4.78, 5) is 15.6. The van der Waals surface area contributed by atoms with Gasteiger partial charge in [-0.1, -0.05) is 26.8 Å². The smallest absolute Gasteiger partial charge is 0.317 e. The van der Waals surface area contributed by atoms with Crippen molar-refractivity contribution in [3.8, 4) is 0 Å². The monoisotopic (exact) mass is 350 g/mol. The Morgan fingerprint density at radius 2 is 2.08 bits per heavy atom. The average molecular weight is 351 g/mol. The van der Waals surface area contributed by atoms with Crippen LogP contribution in [0.4, 0.5) is 4.79 Å².